The van der Waals surface area contributed by atoms with Crippen molar-refractivity contribution in [3.63, 3.8) is 0 Å². The first-order valence-corrected chi connectivity index (χ1v) is 6.61. The molecule has 0 aliphatic heterocycles. The Labute approximate surface area is 111 Å². The summed E-state index contributed by atoms with van der Waals surface area (Å²) in [6.45, 7) is 10.3. The summed E-state index contributed by atoms with van der Waals surface area (Å²) in [7, 11) is 0. The van der Waals surface area contributed by atoms with E-state index in [1.54, 1.807) is 4.68 Å². The van der Waals surface area contributed by atoms with Gasteiger partial charge in [0, 0.05) is 6.04 Å². The maximum Gasteiger partial charge on any atom is 0.241 e. The maximum absolute atomic E-state index is 11.8. The van der Waals surface area contributed by atoms with Gasteiger partial charge in [0.15, 0.2) is 0 Å². The fourth-order valence-electron chi connectivity index (χ4n) is 1.43. The standard InChI is InChI=1S/C12H20BrN3O/c1-7(2)8(3)14-11(17)6-16-10(5)12(13)9(4)15-16/h7-8H,6H2,1-5H3,(H,14,17). The quantitative estimate of drug-likeness (QED) is 0.928. The van der Waals surface area contributed by atoms with Crippen LogP contribution >= 0.6 is 15.9 Å². The molecule has 96 valence electrons. The zero-order chi connectivity index (χ0) is 13.2. The molecule has 0 aliphatic carbocycles. The Morgan fingerprint density at radius 2 is 2.00 bits per heavy atom. The minimum Gasteiger partial charge on any atom is -0.352 e. The average Bonchev–Trinajstić information content (AvgIpc) is 2.46. The van der Waals surface area contributed by atoms with Crippen molar-refractivity contribution in [2.24, 2.45) is 5.92 Å². The van der Waals surface area contributed by atoms with Gasteiger partial charge in [-0.2, -0.15) is 5.10 Å². The molecule has 17 heavy (non-hydrogen) atoms. The number of carbonyl (C=O) groups is 1. The highest BCUT2D eigenvalue weighted by Crippen LogP contribution is 2.19. The van der Waals surface area contributed by atoms with Gasteiger partial charge in [-0.25, -0.2) is 0 Å². The third-order valence-electron chi connectivity index (χ3n) is 2.98. The van der Waals surface area contributed by atoms with Crippen molar-refractivity contribution in [3.8, 4) is 0 Å². The number of carbonyl (C=O) groups excluding carboxylic acids is 1. The molecule has 0 spiro atoms. The molecule has 1 heterocycles. The highest BCUT2D eigenvalue weighted by molar-refractivity contribution is 9.10. The third-order valence-corrected chi connectivity index (χ3v) is 4.12. The first-order valence-electron chi connectivity index (χ1n) is 5.81. The number of amides is 1. The Morgan fingerprint density at radius 1 is 1.41 bits per heavy atom. The lowest BCUT2D eigenvalue weighted by atomic mass is 10.1. The fraction of sp³-hybridized carbons (Fsp3) is 0.667. The molecule has 1 aromatic heterocycles. The Morgan fingerprint density at radius 3 is 2.41 bits per heavy atom. The molecule has 0 aliphatic rings. The number of nitrogens with one attached hydrogen (secondary N) is 1. The van der Waals surface area contributed by atoms with Gasteiger partial charge < -0.3 is 5.32 Å². The second kappa shape index (κ2) is 5.67. The summed E-state index contributed by atoms with van der Waals surface area (Å²) < 4.78 is 2.70. The number of rotatable bonds is 4. The van der Waals surface area contributed by atoms with Crippen LogP contribution in [0.2, 0.25) is 0 Å². The van der Waals surface area contributed by atoms with Gasteiger partial charge in [-0.1, -0.05) is 13.8 Å². The van der Waals surface area contributed by atoms with Crippen LogP contribution in [0.3, 0.4) is 0 Å². The molecule has 4 nitrogen and oxygen atoms in total. The number of nitrogens with zero attached hydrogens (tertiary/aromatic N) is 2. The molecule has 0 saturated heterocycles. The molecule has 0 radical (unpaired) electrons. The Kier molecular flexibility index (Phi) is 4.74. The average molecular weight is 302 g/mol. The topological polar surface area (TPSA) is 46.9 Å². The normalized spacial score (nSPS) is 12.9. The number of aryl methyl sites for hydroxylation is 1. The molecule has 0 saturated carbocycles. The monoisotopic (exact) mass is 301 g/mol. The molecule has 1 atom stereocenters. The van der Waals surface area contributed by atoms with E-state index in [4.69, 9.17) is 0 Å². The smallest absolute Gasteiger partial charge is 0.241 e. The van der Waals surface area contributed by atoms with Gasteiger partial charge in [0.2, 0.25) is 5.91 Å². The van der Waals surface area contributed by atoms with E-state index in [0.29, 0.717) is 5.92 Å². The molecule has 1 N–H and O–H groups in total. The Balaban J connectivity index is 2.65. The lowest BCUT2D eigenvalue weighted by Crippen LogP contribution is -2.38. The van der Waals surface area contributed by atoms with Crippen LogP contribution in [0.1, 0.15) is 32.2 Å². The van der Waals surface area contributed by atoms with Gasteiger partial charge in [-0.15, -0.1) is 0 Å². The van der Waals surface area contributed by atoms with Crippen LogP contribution in [0.5, 0.6) is 0 Å². The molecule has 1 unspecified atom stereocenters. The predicted molar refractivity (Wildman–Crippen MR) is 71.8 cm³/mol. The molecule has 1 aromatic rings. The van der Waals surface area contributed by atoms with Gasteiger partial charge in [0.25, 0.3) is 0 Å². The minimum atomic E-state index is 0.00398. The molecule has 1 rings (SSSR count). The van der Waals surface area contributed by atoms with Crippen LogP contribution in [0.15, 0.2) is 4.47 Å². The van der Waals surface area contributed by atoms with Crippen LogP contribution in [-0.2, 0) is 11.3 Å². The second-order valence-electron chi connectivity index (χ2n) is 4.74. The van der Waals surface area contributed by atoms with Gasteiger partial charge in [-0.05, 0) is 42.6 Å². The zero-order valence-corrected chi connectivity index (χ0v) is 12.6. The Hall–Kier alpha value is -0.840. The van der Waals surface area contributed by atoms with Crippen LogP contribution in [0.4, 0.5) is 0 Å². The summed E-state index contributed by atoms with van der Waals surface area (Å²) in [5.74, 6) is 0.440. The van der Waals surface area contributed by atoms with E-state index in [0.717, 1.165) is 15.9 Å². The molecule has 0 bridgehead atoms. The van der Waals surface area contributed by atoms with E-state index in [-0.39, 0.29) is 18.5 Å². The van der Waals surface area contributed by atoms with Crippen molar-refractivity contribution in [2.45, 2.75) is 47.2 Å². The van der Waals surface area contributed by atoms with E-state index in [1.807, 2.05) is 20.8 Å². The van der Waals surface area contributed by atoms with E-state index < -0.39 is 0 Å². The van der Waals surface area contributed by atoms with Crippen LogP contribution in [-0.4, -0.2) is 21.7 Å². The summed E-state index contributed by atoms with van der Waals surface area (Å²) in [5.41, 5.74) is 1.89. The number of hydrogen-bond donors (Lipinski definition) is 1. The summed E-state index contributed by atoms with van der Waals surface area (Å²) in [5, 5.41) is 7.28. The van der Waals surface area contributed by atoms with Crippen LogP contribution < -0.4 is 5.32 Å². The second-order valence-corrected chi connectivity index (χ2v) is 5.54. The lowest BCUT2D eigenvalue weighted by molar-refractivity contribution is -0.122. The van der Waals surface area contributed by atoms with Crippen molar-refractivity contribution < 1.29 is 4.79 Å². The fourth-order valence-corrected chi connectivity index (χ4v) is 1.72. The van der Waals surface area contributed by atoms with Crippen LogP contribution in [0, 0.1) is 19.8 Å². The SMILES string of the molecule is Cc1nn(CC(=O)NC(C)C(C)C)c(C)c1Br. The van der Waals surface area contributed by atoms with Crippen LogP contribution in [0.25, 0.3) is 0 Å². The molecule has 0 aromatic carbocycles. The van der Waals surface area contributed by atoms with E-state index in [2.05, 4.69) is 40.2 Å². The van der Waals surface area contributed by atoms with Crippen molar-refractivity contribution in [3.05, 3.63) is 15.9 Å². The minimum absolute atomic E-state index is 0.00398. The molecular weight excluding hydrogens is 282 g/mol. The summed E-state index contributed by atoms with van der Waals surface area (Å²) in [6, 6.07) is 0.183. The van der Waals surface area contributed by atoms with Gasteiger partial charge in [-0.3, -0.25) is 9.48 Å². The summed E-state index contributed by atoms with van der Waals surface area (Å²) in [6.07, 6.45) is 0. The predicted octanol–water partition coefficient (Wildman–Crippen LogP) is 2.42. The van der Waals surface area contributed by atoms with Crippen molar-refractivity contribution in [2.75, 3.05) is 0 Å². The van der Waals surface area contributed by atoms with Crippen molar-refractivity contribution >= 4 is 21.8 Å². The van der Waals surface area contributed by atoms with E-state index in [9.17, 15) is 4.79 Å². The van der Waals surface area contributed by atoms with Gasteiger partial charge >= 0.3 is 0 Å². The zero-order valence-electron chi connectivity index (χ0n) is 11.0. The van der Waals surface area contributed by atoms with E-state index >= 15 is 0 Å². The van der Waals surface area contributed by atoms with Crippen molar-refractivity contribution in [1.29, 1.82) is 0 Å². The number of hydrogen-bond acceptors (Lipinski definition) is 2. The van der Waals surface area contributed by atoms with Crippen molar-refractivity contribution in [1.82, 2.24) is 15.1 Å². The van der Waals surface area contributed by atoms with Gasteiger partial charge in [0.05, 0.1) is 15.9 Å². The molecular formula is C12H20BrN3O. The number of aromatic nitrogens is 2. The highest BCUT2D eigenvalue weighted by Gasteiger charge is 2.14. The molecule has 1 amide bonds. The third kappa shape index (κ3) is 3.56. The van der Waals surface area contributed by atoms with E-state index in [1.165, 1.54) is 0 Å². The largest absolute Gasteiger partial charge is 0.352 e. The summed E-state index contributed by atoms with van der Waals surface area (Å²) >= 11 is 3.45. The number of halogens is 1. The lowest BCUT2D eigenvalue weighted by Gasteiger charge is -2.17. The maximum atomic E-state index is 11.8. The highest BCUT2D eigenvalue weighted by atomic mass is 79.9. The first kappa shape index (κ1) is 14.2. The Bertz CT molecular complexity index is 412. The molecule has 5 heteroatoms. The first-order chi connectivity index (χ1) is 7.82. The van der Waals surface area contributed by atoms with Gasteiger partial charge in [0.1, 0.15) is 6.54 Å². The molecule has 0 fully saturated rings. The summed E-state index contributed by atoms with van der Waals surface area (Å²) in [4.78, 5) is 11.8.